The molecule has 0 radical (unpaired) electrons. The van der Waals surface area contributed by atoms with Crippen molar-refractivity contribution in [1.82, 2.24) is 4.98 Å². The van der Waals surface area contributed by atoms with E-state index in [4.69, 9.17) is 4.42 Å². The van der Waals surface area contributed by atoms with Crippen LogP contribution in [0.2, 0.25) is 0 Å². The zero-order valence-electron chi connectivity index (χ0n) is 5.97. The van der Waals surface area contributed by atoms with Crippen molar-refractivity contribution < 1.29 is 4.42 Å². The summed E-state index contributed by atoms with van der Waals surface area (Å²) in [4.78, 5) is 13.3. The Morgan fingerprint density at radius 3 is 2.70 bits per heavy atom. The fraction of sp³-hybridized carbons (Fsp3) is 0.571. The van der Waals surface area contributed by atoms with E-state index in [-0.39, 0.29) is 5.76 Å². The second-order valence-corrected chi connectivity index (χ2v) is 2.87. The summed E-state index contributed by atoms with van der Waals surface area (Å²) in [7, 11) is 0. The molecular weight excluding hydrogens is 130 g/mol. The van der Waals surface area contributed by atoms with E-state index in [0.717, 1.165) is 11.5 Å². The molecule has 0 amide bonds. The molecule has 0 saturated heterocycles. The third-order valence-electron chi connectivity index (χ3n) is 2.32. The largest absolute Gasteiger partial charge is 0.416 e. The van der Waals surface area contributed by atoms with Crippen LogP contribution in [0.25, 0.3) is 0 Å². The van der Waals surface area contributed by atoms with Crippen LogP contribution < -0.4 is 5.76 Å². The molecule has 0 saturated carbocycles. The topological polar surface area (TPSA) is 46.0 Å². The van der Waals surface area contributed by atoms with Gasteiger partial charge in [0.2, 0.25) is 0 Å². The third kappa shape index (κ3) is 0.478. The van der Waals surface area contributed by atoms with Gasteiger partial charge in [-0.3, -0.25) is 4.98 Å². The van der Waals surface area contributed by atoms with Crippen LogP contribution in [0.1, 0.15) is 37.1 Å². The van der Waals surface area contributed by atoms with E-state index in [1.54, 1.807) is 0 Å². The predicted molar refractivity (Wildman–Crippen MR) is 36.2 cm³/mol. The molecule has 3 heteroatoms. The first-order chi connectivity index (χ1) is 4.70. The Labute approximate surface area is 58.1 Å². The highest BCUT2D eigenvalue weighted by Crippen LogP contribution is 2.43. The summed E-state index contributed by atoms with van der Waals surface area (Å²) in [5.41, 5.74) is 0.984. The molecule has 1 heterocycles. The number of oxazole rings is 1. The fourth-order valence-corrected chi connectivity index (χ4v) is 1.41. The first-order valence-electron chi connectivity index (χ1n) is 3.43. The Balaban J connectivity index is 2.59. The maximum Gasteiger partial charge on any atom is 0.416 e. The Hall–Kier alpha value is -0.990. The minimum Gasteiger partial charge on any atom is -0.412 e. The van der Waals surface area contributed by atoms with Crippen molar-refractivity contribution >= 4 is 0 Å². The van der Waals surface area contributed by atoms with Gasteiger partial charge in [-0.2, -0.15) is 0 Å². The van der Waals surface area contributed by atoms with E-state index in [1.807, 2.05) is 0 Å². The summed E-state index contributed by atoms with van der Waals surface area (Å²) in [6, 6.07) is 0. The van der Waals surface area contributed by atoms with Gasteiger partial charge in [-0.05, 0) is 0 Å². The van der Waals surface area contributed by atoms with Crippen molar-refractivity contribution in [3.63, 3.8) is 0 Å². The number of aromatic amines is 1. The lowest BCUT2D eigenvalue weighted by atomic mass is 9.78. The second-order valence-electron chi connectivity index (χ2n) is 2.87. The molecule has 2 atom stereocenters. The van der Waals surface area contributed by atoms with E-state index < -0.39 is 0 Å². The van der Waals surface area contributed by atoms with E-state index in [9.17, 15) is 4.79 Å². The van der Waals surface area contributed by atoms with Crippen molar-refractivity contribution in [3.05, 3.63) is 22.0 Å². The number of hydrogen-bond donors (Lipinski definition) is 1. The van der Waals surface area contributed by atoms with Crippen LogP contribution in [-0.4, -0.2) is 4.98 Å². The van der Waals surface area contributed by atoms with Crippen LogP contribution in [0, 0.1) is 0 Å². The Morgan fingerprint density at radius 1 is 1.40 bits per heavy atom. The maximum absolute atomic E-state index is 10.6. The highest BCUT2D eigenvalue weighted by atomic mass is 16.4. The lowest BCUT2D eigenvalue weighted by Gasteiger charge is -2.27. The normalized spacial score (nSPS) is 29.4. The number of aromatic nitrogens is 1. The van der Waals surface area contributed by atoms with Crippen LogP contribution in [0.15, 0.2) is 9.21 Å². The summed E-state index contributed by atoms with van der Waals surface area (Å²) in [5, 5.41) is 0. The highest BCUT2D eigenvalue weighted by molar-refractivity contribution is 5.30. The van der Waals surface area contributed by atoms with E-state index in [2.05, 4.69) is 18.8 Å². The number of rotatable bonds is 0. The molecule has 0 fully saturated rings. The van der Waals surface area contributed by atoms with Gasteiger partial charge < -0.3 is 4.42 Å². The SMILES string of the molecule is CC1c2[nH]c(=O)oc2C1C. The van der Waals surface area contributed by atoms with Gasteiger partial charge in [-0.1, -0.05) is 13.8 Å². The van der Waals surface area contributed by atoms with Crippen molar-refractivity contribution in [2.24, 2.45) is 0 Å². The zero-order chi connectivity index (χ0) is 7.30. The van der Waals surface area contributed by atoms with Gasteiger partial charge in [0.1, 0.15) is 5.76 Å². The Morgan fingerprint density at radius 2 is 2.10 bits per heavy atom. The fourth-order valence-electron chi connectivity index (χ4n) is 1.41. The molecule has 1 N–H and O–H groups in total. The Kier molecular flexibility index (Phi) is 0.886. The smallest absolute Gasteiger partial charge is 0.412 e. The minimum absolute atomic E-state index is 0.318. The van der Waals surface area contributed by atoms with Gasteiger partial charge >= 0.3 is 5.76 Å². The number of fused-ring (bicyclic) bond motifs is 1. The summed E-state index contributed by atoms with van der Waals surface area (Å²) in [6.07, 6.45) is 0. The number of hydrogen-bond acceptors (Lipinski definition) is 2. The van der Waals surface area contributed by atoms with E-state index in [1.165, 1.54) is 0 Å². The van der Waals surface area contributed by atoms with Gasteiger partial charge in [0.25, 0.3) is 0 Å². The van der Waals surface area contributed by atoms with Gasteiger partial charge in [0.05, 0.1) is 5.69 Å². The number of H-pyrrole nitrogens is 1. The first-order valence-corrected chi connectivity index (χ1v) is 3.43. The summed E-state index contributed by atoms with van der Waals surface area (Å²) in [6.45, 7) is 4.14. The molecule has 1 aliphatic rings. The van der Waals surface area contributed by atoms with Crippen molar-refractivity contribution in [3.8, 4) is 0 Å². The molecule has 0 spiro atoms. The average molecular weight is 139 g/mol. The summed E-state index contributed by atoms with van der Waals surface area (Å²) < 4.78 is 4.87. The molecule has 1 aromatic rings. The quantitative estimate of drug-likeness (QED) is 0.586. The average Bonchev–Trinajstić information content (AvgIpc) is 2.27. The lowest BCUT2D eigenvalue weighted by Crippen LogP contribution is -2.17. The minimum atomic E-state index is -0.318. The van der Waals surface area contributed by atoms with Crippen molar-refractivity contribution in [1.29, 1.82) is 0 Å². The second kappa shape index (κ2) is 1.54. The molecule has 0 bridgehead atoms. The third-order valence-corrected chi connectivity index (χ3v) is 2.32. The molecule has 2 rings (SSSR count). The molecule has 54 valence electrons. The first kappa shape index (κ1) is 5.77. The summed E-state index contributed by atoms with van der Waals surface area (Å²) >= 11 is 0. The van der Waals surface area contributed by atoms with Crippen molar-refractivity contribution in [2.45, 2.75) is 25.7 Å². The Bertz CT molecular complexity index is 281. The molecule has 2 unspecified atom stereocenters. The van der Waals surface area contributed by atoms with Crippen LogP contribution in [0.5, 0.6) is 0 Å². The van der Waals surface area contributed by atoms with Crippen LogP contribution in [0.4, 0.5) is 0 Å². The van der Waals surface area contributed by atoms with Crippen molar-refractivity contribution in [2.75, 3.05) is 0 Å². The summed E-state index contributed by atoms with van der Waals surface area (Å²) in [5.74, 6) is 1.40. The lowest BCUT2D eigenvalue weighted by molar-refractivity contribution is 0.379. The van der Waals surface area contributed by atoms with Crippen LogP contribution in [0.3, 0.4) is 0 Å². The van der Waals surface area contributed by atoms with Crippen LogP contribution >= 0.6 is 0 Å². The van der Waals surface area contributed by atoms with E-state index in [0.29, 0.717) is 11.8 Å². The molecule has 10 heavy (non-hydrogen) atoms. The van der Waals surface area contributed by atoms with Crippen LogP contribution in [-0.2, 0) is 0 Å². The molecule has 1 aromatic heterocycles. The standard InChI is InChI=1S/C7H9NO2/c1-3-4(2)6-5(3)8-7(9)10-6/h3-4H,1-2H3,(H,8,9). The molecule has 3 nitrogen and oxygen atoms in total. The van der Waals surface area contributed by atoms with Gasteiger partial charge in [0, 0.05) is 11.8 Å². The predicted octanol–water partition coefficient (Wildman–Crippen LogP) is 1.19. The number of nitrogens with one attached hydrogen (secondary N) is 1. The molecule has 0 aromatic carbocycles. The maximum atomic E-state index is 10.6. The van der Waals surface area contributed by atoms with Gasteiger partial charge in [-0.15, -0.1) is 0 Å². The molecule has 1 aliphatic carbocycles. The molecular formula is C7H9NO2. The zero-order valence-corrected chi connectivity index (χ0v) is 5.97. The molecule has 0 aliphatic heterocycles. The van der Waals surface area contributed by atoms with Gasteiger partial charge in [0.15, 0.2) is 0 Å². The monoisotopic (exact) mass is 139 g/mol. The highest BCUT2D eigenvalue weighted by Gasteiger charge is 2.35. The van der Waals surface area contributed by atoms with E-state index >= 15 is 0 Å². The van der Waals surface area contributed by atoms with Gasteiger partial charge in [-0.25, -0.2) is 4.79 Å².